The Morgan fingerprint density at radius 3 is 2.62 bits per heavy atom. The molecule has 0 aliphatic heterocycles. The molecule has 1 heterocycles. The number of aromatic nitrogens is 1. The number of rotatable bonds is 5. The number of amides is 1. The monoisotopic (exact) mass is 290 g/mol. The van der Waals surface area contributed by atoms with E-state index in [0.717, 1.165) is 12.5 Å². The van der Waals surface area contributed by atoms with Crippen LogP contribution in [-0.4, -0.2) is 39.4 Å². The van der Waals surface area contributed by atoms with Crippen LogP contribution in [0.2, 0.25) is 0 Å². The number of aliphatic carboxylic acids is 1. The van der Waals surface area contributed by atoms with Crippen molar-refractivity contribution in [2.75, 3.05) is 6.54 Å². The first-order valence-electron chi connectivity index (χ1n) is 6.16. The van der Waals surface area contributed by atoms with Crippen molar-refractivity contribution < 1.29 is 24.3 Å². The molecule has 7 heteroatoms. The predicted molar refractivity (Wildman–Crippen MR) is 72.5 cm³/mol. The van der Waals surface area contributed by atoms with Crippen molar-refractivity contribution in [1.82, 2.24) is 10.5 Å². The first-order valence-corrected chi connectivity index (χ1v) is 6.16. The summed E-state index contributed by atoms with van der Waals surface area (Å²) in [7, 11) is 0. The molecule has 0 aliphatic carbocycles. The van der Waals surface area contributed by atoms with Gasteiger partial charge in [0.05, 0.1) is 6.54 Å². The Kier molecular flexibility index (Phi) is 4.04. The Labute approximate surface area is 120 Å². The van der Waals surface area contributed by atoms with Crippen LogP contribution in [0, 0.1) is 0 Å². The Morgan fingerprint density at radius 2 is 2.00 bits per heavy atom. The van der Waals surface area contributed by atoms with Crippen LogP contribution in [0.15, 0.2) is 40.9 Å². The highest BCUT2D eigenvalue weighted by Gasteiger charge is 2.30. The first-order chi connectivity index (χ1) is 9.90. The molecule has 1 aromatic carbocycles. The van der Waals surface area contributed by atoms with E-state index in [9.17, 15) is 14.7 Å². The number of benzene rings is 1. The maximum absolute atomic E-state index is 11.8. The minimum absolute atomic E-state index is 0.00930. The normalized spacial score (nSPS) is 13.4. The van der Waals surface area contributed by atoms with E-state index in [2.05, 4.69) is 10.5 Å². The standard InChI is InChI=1S/C14H14N2O5/c1-14(20,13(18)19)8-15-12(17)10-7-11(21-16-10)9-5-3-2-4-6-9/h2-7,20H,8H2,1H3,(H,15,17)(H,18,19). The molecular formula is C14H14N2O5. The largest absolute Gasteiger partial charge is 0.479 e. The highest BCUT2D eigenvalue weighted by Crippen LogP contribution is 2.19. The van der Waals surface area contributed by atoms with Gasteiger partial charge in [0.15, 0.2) is 17.1 Å². The van der Waals surface area contributed by atoms with E-state index in [1.165, 1.54) is 6.07 Å². The summed E-state index contributed by atoms with van der Waals surface area (Å²) in [6, 6.07) is 10.5. The molecule has 2 aromatic rings. The van der Waals surface area contributed by atoms with Crippen LogP contribution < -0.4 is 5.32 Å². The average molecular weight is 290 g/mol. The quantitative estimate of drug-likeness (QED) is 0.754. The SMILES string of the molecule is CC(O)(CNC(=O)c1cc(-c2ccccc2)on1)C(=O)O. The zero-order valence-electron chi connectivity index (χ0n) is 11.2. The topological polar surface area (TPSA) is 113 Å². The molecule has 7 nitrogen and oxygen atoms in total. The van der Waals surface area contributed by atoms with Crippen molar-refractivity contribution in [3.8, 4) is 11.3 Å². The summed E-state index contributed by atoms with van der Waals surface area (Å²) in [6.45, 7) is 0.655. The molecule has 2 rings (SSSR count). The number of aliphatic hydroxyl groups is 1. The van der Waals surface area contributed by atoms with Gasteiger partial charge in [-0.1, -0.05) is 35.5 Å². The molecule has 1 atom stereocenters. The van der Waals surface area contributed by atoms with Gasteiger partial charge >= 0.3 is 5.97 Å². The van der Waals surface area contributed by atoms with Crippen molar-refractivity contribution in [1.29, 1.82) is 0 Å². The maximum Gasteiger partial charge on any atom is 0.337 e. The minimum atomic E-state index is -2.04. The molecule has 0 aliphatic rings. The van der Waals surface area contributed by atoms with Gasteiger partial charge in [-0.3, -0.25) is 4.79 Å². The van der Waals surface area contributed by atoms with Gasteiger partial charge in [0.2, 0.25) is 0 Å². The molecule has 3 N–H and O–H groups in total. The molecule has 1 aromatic heterocycles. The molecule has 110 valence electrons. The molecule has 0 bridgehead atoms. The van der Waals surface area contributed by atoms with Gasteiger partial charge in [0, 0.05) is 11.6 Å². The molecule has 1 unspecified atom stereocenters. The average Bonchev–Trinajstić information content (AvgIpc) is 2.95. The molecule has 21 heavy (non-hydrogen) atoms. The van der Waals surface area contributed by atoms with Crippen molar-refractivity contribution in [3.63, 3.8) is 0 Å². The number of nitrogens with zero attached hydrogens (tertiary/aromatic N) is 1. The van der Waals surface area contributed by atoms with E-state index in [1.54, 1.807) is 12.1 Å². The summed E-state index contributed by atoms with van der Waals surface area (Å²) in [5.74, 6) is -1.62. The van der Waals surface area contributed by atoms with Crippen molar-refractivity contribution in [3.05, 3.63) is 42.1 Å². The second kappa shape index (κ2) is 5.76. The highest BCUT2D eigenvalue weighted by atomic mass is 16.5. The number of hydrogen-bond donors (Lipinski definition) is 3. The van der Waals surface area contributed by atoms with Gasteiger partial charge in [0.1, 0.15) is 0 Å². The fourth-order valence-corrected chi connectivity index (χ4v) is 1.54. The number of carbonyl (C=O) groups excluding carboxylic acids is 1. The fraction of sp³-hybridized carbons (Fsp3) is 0.214. The van der Waals surface area contributed by atoms with Crippen molar-refractivity contribution >= 4 is 11.9 Å². The summed E-state index contributed by atoms with van der Waals surface area (Å²) in [4.78, 5) is 22.5. The minimum Gasteiger partial charge on any atom is -0.479 e. The van der Waals surface area contributed by atoms with Crippen LogP contribution in [0.3, 0.4) is 0 Å². The molecule has 0 fully saturated rings. The van der Waals surface area contributed by atoms with E-state index in [-0.39, 0.29) is 5.69 Å². The zero-order chi connectivity index (χ0) is 15.5. The second-order valence-corrected chi connectivity index (χ2v) is 4.70. The Hall–Kier alpha value is -2.67. The summed E-state index contributed by atoms with van der Waals surface area (Å²) >= 11 is 0. The number of nitrogens with one attached hydrogen (secondary N) is 1. The third-order valence-electron chi connectivity index (χ3n) is 2.86. The van der Waals surface area contributed by atoms with Gasteiger partial charge in [0.25, 0.3) is 5.91 Å². The van der Waals surface area contributed by atoms with Crippen LogP contribution in [0.25, 0.3) is 11.3 Å². The van der Waals surface area contributed by atoms with E-state index >= 15 is 0 Å². The van der Waals surface area contributed by atoms with Gasteiger partial charge in [-0.15, -0.1) is 0 Å². The van der Waals surface area contributed by atoms with Crippen LogP contribution in [0.4, 0.5) is 0 Å². The van der Waals surface area contributed by atoms with Gasteiger partial charge in [-0.25, -0.2) is 4.79 Å². The van der Waals surface area contributed by atoms with Gasteiger partial charge in [-0.05, 0) is 6.92 Å². The van der Waals surface area contributed by atoms with E-state index < -0.39 is 24.0 Å². The number of carboxylic acids is 1. The third-order valence-corrected chi connectivity index (χ3v) is 2.86. The van der Waals surface area contributed by atoms with Crippen LogP contribution in [0.1, 0.15) is 17.4 Å². The molecule has 0 radical (unpaired) electrons. The molecule has 0 spiro atoms. The zero-order valence-corrected chi connectivity index (χ0v) is 11.2. The molecule has 0 saturated carbocycles. The predicted octanol–water partition coefficient (Wildman–Crippen LogP) is 0.907. The summed E-state index contributed by atoms with van der Waals surface area (Å²) in [5.41, 5.74) is -1.27. The molecular weight excluding hydrogens is 276 g/mol. The second-order valence-electron chi connectivity index (χ2n) is 4.70. The van der Waals surface area contributed by atoms with Crippen LogP contribution >= 0.6 is 0 Å². The number of carbonyl (C=O) groups is 2. The highest BCUT2D eigenvalue weighted by molar-refractivity contribution is 5.93. The first kappa shape index (κ1) is 14.7. The lowest BCUT2D eigenvalue weighted by Crippen LogP contribution is -2.46. The molecule has 0 saturated heterocycles. The van der Waals surface area contributed by atoms with Crippen LogP contribution in [-0.2, 0) is 4.79 Å². The molecule has 1 amide bonds. The van der Waals surface area contributed by atoms with E-state index in [4.69, 9.17) is 9.63 Å². The Balaban J connectivity index is 2.05. The summed E-state index contributed by atoms with van der Waals surface area (Å²) < 4.78 is 5.06. The smallest absolute Gasteiger partial charge is 0.337 e. The van der Waals surface area contributed by atoms with Gasteiger partial charge < -0.3 is 20.1 Å². The lowest BCUT2D eigenvalue weighted by molar-refractivity contribution is -0.155. The van der Waals surface area contributed by atoms with Crippen LogP contribution in [0.5, 0.6) is 0 Å². The lowest BCUT2D eigenvalue weighted by Gasteiger charge is -2.17. The van der Waals surface area contributed by atoms with E-state index in [1.807, 2.05) is 18.2 Å². The third kappa shape index (κ3) is 3.46. The summed E-state index contributed by atoms with van der Waals surface area (Å²) in [5, 5.41) is 24.2. The Morgan fingerprint density at radius 1 is 1.33 bits per heavy atom. The van der Waals surface area contributed by atoms with Gasteiger partial charge in [-0.2, -0.15) is 0 Å². The maximum atomic E-state index is 11.8. The van der Waals surface area contributed by atoms with Crippen molar-refractivity contribution in [2.45, 2.75) is 12.5 Å². The fourth-order valence-electron chi connectivity index (χ4n) is 1.54. The Bertz CT molecular complexity index is 648. The number of carboxylic acid groups (broad SMARTS) is 1. The van der Waals surface area contributed by atoms with E-state index in [0.29, 0.717) is 5.76 Å². The lowest BCUT2D eigenvalue weighted by atomic mass is 10.1. The number of hydrogen-bond acceptors (Lipinski definition) is 5. The van der Waals surface area contributed by atoms with Crippen molar-refractivity contribution in [2.24, 2.45) is 0 Å². The summed E-state index contributed by atoms with van der Waals surface area (Å²) in [6.07, 6.45) is 0.